The van der Waals surface area contributed by atoms with E-state index in [2.05, 4.69) is 15.1 Å². The third kappa shape index (κ3) is 3.45. The van der Waals surface area contributed by atoms with E-state index < -0.39 is 5.91 Å². The molecule has 114 valence electrons. The molecule has 0 spiro atoms. The Hall–Kier alpha value is -2.79. The van der Waals surface area contributed by atoms with E-state index in [0.717, 1.165) is 11.1 Å². The Balaban J connectivity index is 2.36. The molecule has 22 heavy (non-hydrogen) atoms. The van der Waals surface area contributed by atoms with Crippen molar-refractivity contribution in [1.82, 2.24) is 9.78 Å². The first-order valence-corrected chi connectivity index (χ1v) is 6.86. The van der Waals surface area contributed by atoms with E-state index in [9.17, 15) is 4.79 Å². The molecule has 0 saturated carbocycles. The normalized spacial score (nSPS) is 10.4. The third-order valence-corrected chi connectivity index (χ3v) is 3.25. The molecule has 1 amide bonds. The third-order valence-electron chi connectivity index (χ3n) is 3.25. The zero-order valence-corrected chi connectivity index (χ0v) is 12.7. The topological polar surface area (TPSA) is 92.9 Å². The van der Waals surface area contributed by atoms with Crippen LogP contribution in [0.1, 0.15) is 41.3 Å². The highest BCUT2D eigenvalue weighted by molar-refractivity contribution is 5.96. The molecule has 7 nitrogen and oxygen atoms in total. The van der Waals surface area contributed by atoms with Crippen molar-refractivity contribution in [2.24, 2.45) is 12.2 Å². The van der Waals surface area contributed by atoms with Gasteiger partial charge in [-0.05, 0) is 22.1 Å². The number of ether oxygens (including phenoxy) is 1. The molecule has 0 bridgehead atoms. The first-order valence-electron chi connectivity index (χ1n) is 6.86. The number of nitrogens with zero attached hydrogens (tertiary/aromatic N) is 5. The second-order valence-corrected chi connectivity index (χ2v) is 5.14. The van der Waals surface area contributed by atoms with Crippen molar-refractivity contribution in [3.63, 3.8) is 0 Å². The van der Waals surface area contributed by atoms with Crippen molar-refractivity contribution >= 4 is 5.91 Å². The molecule has 0 atom stereocenters. The van der Waals surface area contributed by atoms with E-state index in [1.807, 2.05) is 19.9 Å². The summed E-state index contributed by atoms with van der Waals surface area (Å²) in [6.45, 7) is 4.25. The van der Waals surface area contributed by atoms with Crippen molar-refractivity contribution in [3.8, 4) is 5.88 Å². The second-order valence-electron chi connectivity index (χ2n) is 5.14. The van der Waals surface area contributed by atoms with Crippen molar-refractivity contribution in [1.29, 1.82) is 0 Å². The Labute approximate surface area is 128 Å². The highest BCUT2D eigenvalue weighted by Gasteiger charge is 2.16. The molecule has 1 heterocycles. The number of rotatable bonds is 5. The van der Waals surface area contributed by atoms with Gasteiger partial charge in [-0.1, -0.05) is 32.0 Å². The molecule has 2 rings (SSSR count). The highest BCUT2D eigenvalue weighted by Crippen LogP contribution is 2.25. The van der Waals surface area contributed by atoms with E-state index >= 15 is 0 Å². The van der Waals surface area contributed by atoms with Crippen molar-refractivity contribution in [2.75, 3.05) is 0 Å². The van der Waals surface area contributed by atoms with Crippen LogP contribution < -0.4 is 4.74 Å². The number of carbonyl (C=O) groups is 1. The Morgan fingerprint density at radius 3 is 2.82 bits per heavy atom. The number of aromatic nitrogens is 2. The molecular formula is C15H17N5O2. The van der Waals surface area contributed by atoms with Crippen LogP contribution in [0.2, 0.25) is 0 Å². The summed E-state index contributed by atoms with van der Waals surface area (Å²) in [5.74, 6) is 0.0778. The van der Waals surface area contributed by atoms with Crippen molar-refractivity contribution in [2.45, 2.75) is 26.4 Å². The minimum absolute atomic E-state index is 0.188. The van der Waals surface area contributed by atoms with Gasteiger partial charge in [-0.2, -0.15) is 0 Å². The fourth-order valence-electron chi connectivity index (χ4n) is 2.22. The van der Waals surface area contributed by atoms with Crippen LogP contribution in [-0.2, 0) is 13.7 Å². The summed E-state index contributed by atoms with van der Waals surface area (Å²) in [6, 6.07) is 7.10. The molecule has 0 unspecified atom stereocenters. The lowest BCUT2D eigenvalue weighted by atomic mass is 9.93. The molecule has 0 aliphatic carbocycles. The number of azide groups is 1. The molecular weight excluding hydrogens is 282 g/mol. The Bertz CT molecular complexity index is 729. The number of benzene rings is 1. The Kier molecular flexibility index (Phi) is 4.80. The van der Waals surface area contributed by atoms with Crippen LogP contribution in [0.4, 0.5) is 0 Å². The van der Waals surface area contributed by atoms with Gasteiger partial charge in [0, 0.05) is 35.3 Å². The second kappa shape index (κ2) is 6.78. The lowest BCUT2D eigenvalue weighted by Gasteiger charge is -2.15. The predicted molar refractivity (Wildman–Crippen MR) is 81.5 cm³/mol. The molecule has 1 aromatic carbocycles. The van der Waals surface area contributed by atoms with E-state index in [4.69, 9.17) is 10.3 Å². The van der Waals surface area contributed by atoms with Crippen molar-refractivity contribution < 1.29 is 9.53 Å². The van der Waals surface area contributed by atoms with Crippen LogP contribution in [0, 0.1) is 0 Å². The van der Waals surface area contributed by atoms with E-state index in [0.29, 0.717) is 11.4 Å². The Morgan fingerprint density at radius 1 is 1.45 bits per heavy atom. The van der Waals surface area contributed by atoms with Gasteiger partial charge in [0.25, 0.3) is 0 Å². The molecule has 0 aliphatic rings. The minimum Gasteiger partial charge on any atom is -0.472 e. The van der Waals surface area contributed by atoms with Gasteiger partial charge in [0.05, 0.1) is 0 Å². The maximum absolute atomic E-state index is 12.0. The first-order chi connectivity index (χ1) is 10.5. The summed E-state index contributed by atoms with van der Waals surface area (Å²) >= 11 is 0. The molecule has 0 radical (unpaired) electrons. The van der Waals surface area contributed by atoms with Gasteiger partial charge >= 0.3 is 0 Å². The average Bonchev–Trinajstić information content (AvgIpc) is 2.90. The minimum atomic E-state index is -0.607. The molecule has 0 saturated heterocycles. The highest BCUT2D eigenvalue weighted by atomic mass is 16.5. The van der Waals surface area contributed by atoms with Crippen LogP contribution in [0.3, 0.4) is 0 Å². The van der Waals surface area contributed by atoms with E-state index in [1.54, 1.807) is 36.1 Å². The monoisotopic (exact) mass is 299 g/mol. The zero-order valence-electron chi connectivity index (χ0n) is 12.7. The van der Waals surface area contributed by atoms with Crippen LogP contribution >= 0.6 is 0 Å². The summed E-state index contributed by atoms with van der Waals surface area (Å²) in [6.07, 6.45) is 1.77. The number of carbonyl (C=O) groups excluding carboxylic acids is 1. The first kappa shape index (κ1) is 15.6. The number of amides is 1. The van der Waals surface area contributed by atoms with Crippen LogP contribution in [-0.4, -0.2) is 15.7 Å². The molecule has 0 fully saturated rings. The standard InChI is InChI=1S/C15H17N5O2/c1-10(2)11-5-4-6-12(15(21)17-19-16)13(11)9-22-14-7-8-20(3)18-14/h4-8,10H,9H2,1-3H3. The van der Waals surface area contributed by atoms with Gasteiger partial charge in [0.1, 0.15) is 6.61 Å². The summed E-state index contributed by atoms with van der Waals surface area (Å²) in [7, 11) is 1.80. The average molecular weight is 299 g/mol. The maximum Gasteiger partial charge on any atom is 0.249 e. The fourth-order valence-corrected chi connectivity index (χ4v) is 2.22. The molecule has 0 aliphatic heterocycles. The zero-order chi connectivity index (χ0) is 16.1. The van der Waals surface area contributed by atoms with E-state index in [1.165, 1.54) is 0 Å². The maximum atomic E-state index is 12.0. The lowest BCUT2D eigenvalue weighted by Crippen LogP contribution is -2.09. The predicted octanol–water partition coefficient (Wildman–Crippen LogP) is 3.57. The summed E-state index contributed by atoms with van der Waals surface area (Å²) in [5, 5.41) is 7.32. The summed E-state index contributed by atoms with van der Waals surface area (Å²) in [5.41, 5.74) is 10.5. The van der Waals surface area contributed by atoms with Crippen LogP contribution in [0.15, 0.2) is 35.6 Å². The van der Waals surface area contributed by atoms with Gasteiger partial charge in [0.2, 0.25) is 11.8 Å². The van der Waals surface area contributed by atoms with Gasteiger partial charge in [-0.3, -0.25) is 9.48 Å². The number of aryl methyl sites for hydroxylation is 1. The molecule has 2 aromatic rings. The van der Waals surface area contributed by atoms with Crippen molar-refractivity contribution in [3.05, 3.63) is 57.6 Å². The smallest absolute Gasteiger partial charge is 0.249 e. The molecule has 7 heteroatoms. The van der Waals surface area contributed by atoms with Gasteiger partial charge in [0.15, 0.2) is 0 Å². The largest absolute Gasteiger partial charge is 0.472 e. The van der Waals surface area contributed by atoms with Gasteiger partial charge in [-0.25, -0.2) is 0 Å². The summed E-state index contributed by atoms with van der Waals surface area (Å²) in [4.78, 5) is 14.5. The van der Waals surface area contributed by atoms with Gasteiger partial charge in [-0.15, -0.1) is 5.10 Å². The van der Waals surface area contributed by atoms with Crippen LogP contribution in [0.5, 0.6) is 5.88 Å². The van der Waals surface area contributed by atoms with Crippen LogP contribution in [0.25, 0.3) is 10.4 Å². The molecule has 1 aromatic heterocycles. The van der Waals surface area contributed by atoms with Gasteiger partial charge < -0.3 is 4.74 Å². The number of hydrogen-bond acceptors (Lipinski definition) is 3. The molecule has 0 N–H and O–H groups in total. The van der Waals surface area contributed by atoms with E-state index in [-0.39, 0.29) is 12.5 Å². The SMILES string of the molecule is CC(C)c1cccc(C(=O)N=[N+]=[N-])c1COc1ccn(C)n1. The Morgan fingerprint density at radius 2 is 2.23 bits per heavy atom. The fraction of sp³-hybridized carbons (Fsp3) is 0.333. The quantitative estimate of drug-likeness (QED) is 0.480. The summed E-state index contributed by atoms with van der Waals surface area (Å²) < 4.78 is 7.29. The number of hydrogen-bond donors (Lipinski definition) is 0. The lowest BCUT2D eigenvalue weighted by molar-refractivity contribution is 0.0997.